The number of urea groups is 1. The summed E-state index contributed by atoms with van der Waals surface area (Å²) in [5.74, 6) is -0.170. The number of carbonyl (C=O) groups excluding carboxylic acids is 1. The number of para-hydroxylation sites is 1. The molecule has 4 N–H and O–H groups in total. The van der Waals surface area contributed by atoms with Crippen LogP contribution in [0.4, 0.5) is 4.79 Å². The Morgan fingerprint density at radius 2 is 2.05 bits per heavy atom. The Morgan fingerprint density at radius 1 is 1.40 bits per heavy atom. The van der Waals surface area contributed by atoms with Crippen LogP contribution in [0.2, 0.25) is 0 Å². The Kier molecular flexibility index (Phi) is 3.43. The van der Waals surface area contributed by atoms with Crippen LogP contribution in [0.3, 0.4) is 0 Å². The molecule has 0 unspecified atom stereocenters. The van der Waals surface area contributed by atoms with Crippen molar-refractivity contribution in [2.24, 2.45) is 17.9 Å². The number of amides is 2. The number of nitrogens with two attached hydrogens (primary N) is 1. The lowest BCUT2D eigenvalue weighted by Crippen LogP contribution is -2.28. The number of aromatic nitrogens is 1. The molecule has 0 saturated carbocycles. The summed E-state index contributed by atoms with van der Waals surface area (Å²) in [6.07, 6.45) is 0. The molecule has 0 spiro atoms. The zero-order valence-electron chi connectivity index (χ0n) is 11.0. The molecular formula is C13H14N4O3. The van der Waals surface area contributed by atoms with E-state index in [0.29, 0.717) is 10.9 Å². The number of aromatic hydroxyl groups is 1. The number of fused-ring (bicyclic) bond motifs is 1. The third kappa shape index (κ3) is 2.20. The van der Waals surface area contributed by atoms with E-state index in [-0.39, 0.29) is 17.0 Å². The second kappa shape index (κ2) is 5.04. The van der Waals surface area contributed by atoms with E-state index in [1.165, 1.54) is 11.5 Å². The summed E-state index contributed by atoms with van der Waals surface area (Å²) in [6.45, 7) is 1.50. The number of nitrogens with one attached hydrogen (secondary N) is 1. The first kappa shape index (κ1) is 13.6. The second-order valence-electron chi connectivity index (χ2n) is 4.28. The Bertz CT molecular complexity index is 777. The van der Waals surface area contributed by atoms with E-state index >= 15 is 0 Å². The highest BCUT2D eigenvalue weighted by molar-refractivity contribution is 6.05. The fourth-order valence-electron chi connectivity index (χ4n) is 2.00. The minimum Gasteiger partial charge on any atom is -0.506 e. The first-order valence-electron chi connectivity index (χ1n) is 5.84. The van der Waals surface area contributed by atoms with Crippen molar-refractivity contribution in [3.8, 4) is 5.75 Å². The van der Waals surface area contributed by atoms with Gasteiger partial charge in [-0.15, -0.1) is 0 Å². The van der Waals surface area contributed by atoms with Crippen LogP contribution >= 0.6 is 0 Å². The Hall–Kier alpha value is -2.83. The van der Waals surface area contributed by atoms with Gasteiger partial charge in [-0.05, 0) is 19.1 Å². The zero-order chi connectivity index (χ0) is 14.9. The predicted octanol–water partition coefficient (Wildman–Crippen LogP) is 0.636. The first-order valence-corrected chi connectivity index (χ1v) is 5.84. The van der Waals surface area contributed by atoms with E-state index < -0.39 is 11.6 Å². The van der Waals surface area contributed by atoms with Crippen LogP contribution in [-0.2, 0) is 7.05 Å². The molecule has 0 aliphatic rings. The van der Waals surface area contributed by atoms with Crippen molar-refractivity contribution < 1.29 is 9.90 Å². The maximum Gasteiger partial charge on any atom is 0.332 e. The van der Waals surface area contributed by atoms with Gasteiger partial charge in [0.2, 0.25) is 0 Å². The summed E-state index contributed by atoms with van der Waals surface area (Å²) in [4.78, 5) is 22.9. The summed E-state index contributed by atoms with van der Waals surface area (Å²) in [5.41, 5.74) is 7.34. The van der Waals surface area contributed by atoms with E-state index in [1.807, 2.05) is 5.43 Å². The molecule has 7 heteroatoms. The van der Waals surface area contributed by atoms with Crippen molar-refractivity contribution in [3.63, 3.8) is 0 Å². The highest BCUT2D eigenvalue weighted by Crippen LogP contribution is 2.25. The SMILES string of the molecule is CC(=NNC(N)=O)c1c(O)c2ccccc2n(C)c1=O. The van der Waals surface area contributed by atoms with Crippen LogP contribution in [0.25, 0.3) is 10.9 Å². The number of nitrogens with zero attached hydrogens (tertiary/aromatic N) is 2. The molecule has 0 aliphatic carbocycles. The molecule has 1 aromatic heterocycles. The minimum absolute atomic E-state index is 0.0277. The van der Waals surface area contributed by atoms with Crippen molar-refractivity contribution in [2.45, 2.75) is 6.92 Å². The third-order valence-electron chi connectivity index (χ3n) is 2.97. The monoisotopic (exact) mass is 274 g/mol. The number of hydrogen-bond acceptors (Lipinski definition) is 4. The molecule has 1 heterocycles. The molecule has 2 amide bonds. The number of aryl methyl sites for hydroxylation is 1. The van der Waals surface area contributed by atoms with Gasteiger partial charge < -0.3 is 15.4 Å². The van der Waals surface area contributed by atoms with E-state index in [1.54, 1.807) is 31.3 Å². The standard InChI is InChI=1S/C13H14N4O3/c1-7(15-16-13(14)20)10-11(18)8-5-3-4-6-9(8)17(2)12(10)19/h3-6,18H,1-2H3,(H3,14,16,20). The molecule has 0 aliphatic heterocycles. The lowest BCUT2D eigenvalue weighted by molar-refractivity contribution is 0.249. The molecule has 20 heavy (non-hydrogen) atoms. The van der Waals surface area contributed by atoms with Gasteiger partial charge in [-0.2, -0.15) is 5.10 Å². The Balaban J connectivity index is 2.74. The minimum atomic E-state index is -0.846. The fraction of sp³-hybridized carbons (Fsp3) is 0.154. The van der Waals surface area contributed by atoms with Crippen LogP contribution in [0.1, 0.15) is 12.5 Å². The highest BCUT2D eigenvalue weighted by Gasteiger charge is 2.16. The topological polar surface area (TPSA) is 110 Å². The molecule has 0 atom stereocenters. The lowest BCUT2D eigenvalue weighted by Gasteiger charge is -2.11. The second-order valence-corrected chi connectivity index (χ2v) is 4.28. The Labute approximate surface area is 114 Å². The Morgan fingerprint density at radius 3 is 2.70 bits per heavy atom. The molecule has 104 valence electrons. The van der Waals surface area contributed by atoms with E-state index in [0.717, 1.165) is 0 Å². The van der Waals surface area contributed by atoms with E-state index in [9.17, 15) is 14.7 Å². The van der Waals surface area contributed by atoms with Crippen molar-refractivity contribution in [1.29, 1.82) is 0 Å². The van der Waals surface area contributed by atoms with E-state index in [2.05, 4.69) is 5.10 Å². The van der Waals surface area contributed by atoms with Gasteiger partial charge in [-0.3, -0.25) is 4.79 Å². The normalized spacial score (nSPS) is 11.6. The van der Waals surface area contributed by atoms with Crippen molar-refractivity contribution in [1.82, 2.24) is 9.99 Å². The van der Waals surface area contributed by atoms with Crippen LogP contribution in [-0.4, -0.2) is 21.4 Å². The number of carbonyl (C=O) groups is 1. The van der Waals surface area contributed by atoms with Crippen LogP contribution in [0.15, 0.2) is 34.2 Å². The van der Waals surface area contributed by atoms with Crippen molar-refractivity contribution >= 4 is 22.6 Å². The molecule has 0 saturated heterocycles. The summed E-state index contributed by atoms with van der Waals surface area (Å²) in [5, 5.41) is 14.5. The number of primary amides is 1. The number of pyridine rings is 1. The maximum absolute atomic E-state index is 12.3. The molecular weight excluding hydrogens is 260 g/mol. The largest absolute Gasteiger partial charge is 0.506 e. The van der Waals surface area contributed by atoms with Crippen LogP contribution < -0.4 is 16.7 Å². The fourth-order valence-corrected chi connectivity index (χ4v) is 2.00. The number of hydrogen-bond donors (Lipinski definition) is 3. The van der Waals surface area contributed by atoms with Crippen molar-refractivity contribution in [2.75, 3.05) is 0 Å². The van der Waals surface area contributed by atoms with Crippen LogP contribution in [0.5, 0.6) is 5.75 Å². The average Bonchev–Trinajstić information content (AvgIpc) is 2.43. The smallest absolute Gasteiger partial charge is 0.332 e. The summed E-state index contributed by atoms with van der Waals surface area (Å²) >= 11 is 0. The molecule has 0 bridgehead atoms. The van der Waals surface area contributed by atoms with Gasteiger partial charge in [-0.1, -0.05) is 12.1 Å². The van der Waals surface area contributed by atoms with Gasteiger partial charge in [-0.25, -0.2) is 10.2 Å². The van der Waals surface area contributed by atoms with Gasteiger partial charge in [0, 0.05) is 12.4 Å². The molecule has 2 rings (SSSR count). The predicted molar refractivity (Wildman–Crippen MR) is 75.8 cm³/mol. The van der Waals surface area contributed by atoms with E-state index in [4.69, 9.17) is 5.73 Å². The van der Waals surface area contributed by atoms with Gasteiger partial charge in [0.05, 0.1) is 11.2 Å². The molecule has 2 aromatic rings. The van der Waals surface area contributed by atoms with Gasteiger partial charge in [0.1, 0.15) is 11.3 Å². The highest BCUT2D eigenvalue weighted by atomic mass is 16.3. The molecule has 7 nitrogen and oxygen atoms in total. The van der Waals surface area contributed by atoms with Gasteiger partial charge in [0.15, 0.2) is 0 Å². The average molecular weight is 274 g/mol. The molecule has 1 aromatic carbocycles. The van der Waals surface area contributed by atoms with Gasteiger partial charge >= 0.3 is 6.03 Å². The first-order chi connectivity index (χ1) is 9.43. The number of benzene rings is 1. The quantitative estimate of drug-likeness (QED) is 0.552. The van der Waals surface area contributed by atoms with Crippen molar-refractivity contribution in [3.05, 3.63) is 40.2 Å². The summed E-state index contributed by atoms with van der Waals surface area (Å²) in [7, 11) is 1.60. The zero-order valence-corrected chi connectivity index (χ0v) is 11.0. The third-order valence-corrected chi connectivity index (χ3v) is 2.97. The number of hydrazone groups is 1. The molecule has 0 radical (unpaired) electrons. The lowest BCUT2D eigenvalue weighted by atomic mass is 10.1. The van der Waals surface area contributed by atoms with Gasteiger partial charge in [0.25, 0.3) is 5.56 Å². The summed E-state index contributed by atoms with van der Waals surface area (Å²) in [6, 6.07) is 6.11. The summed E-state index contributed by atoms with van der Waals surface area (Å²) < 4.78 is 1.41. The maximum atomic E-state index is 12.3. The molecule has 0 fully saturated rings. The van der Waals surface area contributed by atoms with Crippen LogP contribution in [0, 0.1) is 0 Å². The number of rotatable bonds is 2.